The van der Waals surface area contributed by atoms with Gasteiger partial charge >= 0.3 is 0 Å². The third kappa shape index (κ3) is 2.57. The first-order valence-corrected chi connectivity index (χ1v) is 8.36. The van der Waals surface area contributed by atoms with E-state index in [-0.39, 0.29) is 17.9 Å². The van der Waals surface area contributed by atoms with E-state index in [9.17, 15) is 9.59 Å². The van der Waals surface area contributed by atoms with Crippen LogP contribution in [-0.2, 0) is 16.1 Å². The fourth-order valence-corrected chi connectivity index (χ4v) is 3.53. The summed E-state index contributed by atoms with van der Waals surface area (Å²) in [6.45, 7) is 6.14. The molecule has 2 atom stereocenters. The molecule has 3 rings (SSSR count). The maximum atomic E-state index is 12.9. The topological polar surface area (TPSA) is 62.3 Å². The number of nitrogens with one attached hydrogen (secondary N) is 1. The molecule has 21 heavy (non-hydrogen) atoms. The molecule has 1 aromatic rings. The van der Waals surface area contributed by atoms with Gasteiger partial charge in [-0.05, 0) is 39.0 Å². The van der Waals surface area contributed by atoms with Gasteiger partial charge < -0.3 is 10.2 Å². The minimum atomic E-state index is -0.784. The van der Waals surface area contributed by atoms with Gasteiger partial charge in [0.2, 0.25) is 11.8 Å². The van der Waals surface area contributed by atoms with Crippen molar-refractivity contribution >= 4 is 23.2 Å². The van der Waals surface area contributed by atoms with E-state index in [4.69, 9.17) is 0 Å². The van der Waals surface area contributed by atoms with E-state index < -0.39 is 5.54 Å². The van der Waals surface area contributed by atoms with Crippen LogP contribution in [0, 0.1) is 12.8 Å². The number of amides is 2. The zero-order chi connectivity index (χ0) is 15.2. The predicted molar refractivity (Wildman–Crippen MR) is 80.8 cm³/mol. The Bertz CT molecular complexity index is 581. The number of carbonyl (C=O) groups is 2. The van der Waals surface area contributed by atoms with Crippen molar-refractivity contribution in [2.45, 2.75) is 58.2 Å². The lowest BCUT2D eigenvalue weighted by Crippen LogP contribution is -2.69. The second kappa shape index (κ2) is 5.09. The highest BCUT2D eigenvalue weighted by Gasteiger charge is 2.51. The maximum Gasteiger partial charge on any atom is 0.249 e. The van der Waals surface area contributed by atoms with Gasteiger partial charge in [0.25, 0.3) is 0 Å². The lowest BCUT2D eigenvalue weighted by Gasteiger charge is -2.44. The van der Waals surface area contributed by atoms with Crippen LogP contribution in [0.25, 0.3) is 0 Å². The molecular formula is C15H21N3O2S. The summed E-state index contributed by atoms with van der Waals surface area (Å²) >= 11 is 1.58. The summed E-state index contributed by atoms with van der Waals surface area (Å²) in [5.41, 5.74) is 0.0951. The number of aromatic nitrogens is 1. The average Bonchev–Trinajstić information content (AvgIpc) is 3.18. The lowest BCUT2D eigenvalue weighted by atomic mass is 9.90. The van der Waals surface area contributed by atoms with Gasteiger partial charge in [-0.3, -0.25) is 9.59 Å². The molecule has 0 spiro atoms. The second-order valence-electron chi connectivity index (χ2n) is 6.25. The number of piperazine rings is 1. The summed E-state index contributed by atoms with van der Waals surface area (Å²) in [5, 5.41) is 5.90. The quantitative estimate of drug-likeness (QED) is 0.923. The van der Waals surface area contributed by atoms with Gasteiger partial charge in [-0.1, -0.05) is 6.92 Å². The third-order valence-electron chi connectivity index (χ3n) is 4.51. The Morgan fingerprint density at radius 2 is 2.19 bits per heavy atom. The molecule has 0 aromatic carbocycles. The summed E-state index contributed by atoms with van der Waals surface area (Å²) in [7, 11) is 0. The summed E-state index contributed by atoms with van der Waals surface area (Å²) in [5.74, 6) is 0.329. The largest absolute Gasteiger partial charge is 0.340 e. The number of thiazole rings is 1. The summed E-state index contributed by atoms with van der Waals surface area (Å²) in [6.07, 6.45) is 2.66. The molecule has 1 aromatic heterocycles. The van der Waals surface area contributed by atoms with Crippen molar-refractivity contribution in [3.8, 4) is 0 Å². The normalized spacial score (nSPS) is 29.7. The highest BCUT2D eigenvalue weighted by atomic mass is 32.1. The molecule has 114 valence electrons. The van der Waals surface area contributed by atoms with Crippen LogP contribution < -0.4 is 5.32 Å². The highest BCUT2D eigenvalue weighted by molar-refractivity contribution is 7.09. The zero-order valence-corrected chi connectivity index (χ0v) is 13.5. The van der Waals surface area contributed by atoms with Crippen molar-refractivity contribution in [3.05, 3.63) is 16.1 Å². The van der Waals surface area contributed by atoms with Crippen LogP contribution in [0.3, 0.4) is 0 Å². The van der Waals surface area contributed by atoms with Crippen LogP contribution in [0.1, 0.15) is 43.8 Å². The SMILES string of the molecule is CCC1(C)NC(=O)C(C2CC2)N(Cc2csc(C)n2)C1=O. The van der Waals surface area contributed by atoms with Crippen molar-refractivity contribution in [2.24, 2.45) is 5.92 Å². The monoisotopic (exact) mass is 307 g/mol. The highest BCUT2D eigenvalue weighted by Crippen LogP contribution is 2.39. The minimum Gasteiger partial charge on any atom is -0.340 e. The van der Waals surface area contributed by atoms with E-state index in [1.807, 2.05) is 26.2 Å². The van der Waals surface area contributed by atoms with E-state index in [1.165, 1.54) is 0 Å². The van der Waals surface area contributed by atoms with Gasteiger partial charge in [-0.2, -0.15) is 0 Å². The van der Waals surface area contributed by atoms with Crippen LogP contribution in [0.5, 0.6) is 0 Å². The molecule has 2 fully saturated rings. The Labute approximate surface area is 128 Å². The summed E-state index contributed by atoms with van der Waals surface area (Å²) < 4.78 is 0. The summed E-state index contributed by atoms with van der Waals surface area (Å²) in [4.78, 5) is 31.5. The molecule has 2 amide bonds. The van der Waals surface area contributed by atoms with Gasteiger partial charge in [-0.15, -0.1) is 11.3 Å². The van der Waals surface area contributed by atoms with Crippen molar-refractivity contribution in [3.63, 3.8) is 0 Å². The van der Waals surface area contributed by atoms with Crippen molar-refractivity contribution < 1.29 is 9.59 Å². The number of rotatable bonds is 4. The first kappa shape index (κ1) is 14.5. The molecule has 0 radical (unpaired) electrons. The minimum absolute atomic E-state index is 0.00611. The Morgan fingerprint density at radius 3 is 2.71 bits per heavy atom. The zero-order valence-electron chi connectivity index (χ0n) is 12.7. The molecule has 1 saturated carbocycles. The summed E-state index contributed by atoms with van der Waals surface area (Å²) in [6, 6.07) is -0.320. The van der Waals surface area contributed by atoms with E-state index in [2.05, 4.69) is 10.3 Å². The molecule has 0 bridgehead atoms. The second-order valence-corrected chi connectivity index (χ2v) is 7.31. The van der Waals surface area contributed by atoms with Crippen molar-refractivity contribution in [1.29, 1.82) is 0 Å². The van der Waals surface area contributed by atoms with Crippen LogP contribution in [-0.4, -0.2) is 33.3 Å². The van der Waals surface area contributed by atoms with Crippen molar-refractivity contribution in [1.82, 2.24) is 15.2 Å². The molecule has 2 aliphatic rings. The number of hydrogen-bond acceptors (Lipinski definition) is 4. The number of carbonyl (C=O) groups excluding carboxylic acids is 2. The van der Waals surface area contributed by atoms with E-state index in [1.54, 1.807) is 16.2 Å². The van der Waals surface area contributed by atoms with Crippen LogP contribution >= 0.6 is 11.3 Å². The number of hydrogen-bond donors (Lipinski definition) is 1. The molecule has 1 N–H and O–H groups in total. The smallest absolute Gasteiger partial charge is 0.249 e. The molecule has 1 saturated heterocycles. The first-order chi connectivity index (χ1) is 9.94. The van der Waals surface area contributed by atoms with Crippen LogP contribution in [0.4, 0.5) is 0 Å². The standard InChI is InChI=1S/C15H21N3O2S/c1-4-15(3)14(20)18(7-11-8-21-9(2)16-11)12(10-5-6-10)13(19)17-15/h8,10,12H,4-7H2,1-3H3,(H,17,19). The van der Waals surface area contributed by atoms with E-state index in [0.29, 0.717) is 18.9 Å². The fourth-order valence-electron chi connectivity index (χ4n) is 2.93. The lowest BCUT2D eigenvalue weighted by molar-refractivity contribution is -0.156. The Morgan fingerprint density at radius 1 is 1.48 bits per heavy atom. The fraction of sp³-hybridized carbons (Fsp3) is 0.667. The Kier molecular flexibility index (Phi) is 3.51. The van der Waals surface area contributed by atoms with E-state index in [0.717, 1.165) is 23.5 Å². The van der Waals surface area contributed by atoms with Gasteiger partial charge in [0.15, 0.2) is 0 Å². The van der Waals surface area contributed by atoms with Gasteiger partial charge in [-0.25, -0.2) is 4.98 Å². The molecule has 5 nitrogen and oxygen atoms in total. The van der Waals surface area contributed by atoms with Crippen LogP contribution in [0.2, 0.25) is 0 Å². The molecular weight excluding hydrogens is 286 g/mol. The molecule has 1 aliphatic heterocycles. The molecule has 6 heteroatoms. The number of nitrogens with zero attached hydrogens (tertiary/aromatic N) is 2. The Balaban J connectivity index is 1.90. The van der Waals surface area contributed by atoms with Gasteiger partial charge in [0.05, 0.1) is 17.2 Å². The van der Waals surface area contributed by atoms with E-state index >= 15 is 0 Å². The number of aryl methyl sites for hydroxylation is 1. The van der Waals surface area contributed by atoms with Crippen LogP contribution in [0.15, 0.2) is 5.38 Å². The average molecular weight is 307 g/mol. The maximum absolute atomic E-state index is 12.9. The van der Waals surface area contributed by atoms with Gasteiger partial charge in [0, 0.05) is 5.38 Å². The first-order valence-electron chi connectivity index (χ1n) is 7.48. The van der Waals surface area contributed by atoms with Crippen molar-refractivity contribution in [2.75, 3.05) is 0 Å². The van der Waals surface area contributed by atoms with Gasteiger partial charge in [0.1, 0.15) is 11.6 Å². The molecule has 2 heterocycles. The predicted octanol–water partition coefficient (Wildman–Crippen LogP) is 1.86. The molecule has 1 aliphatic carbocycles. The molecule has 2 unspecified atom stereocenters. The third-order valence-corrected chi connectivity index (χ3v) is 5.33. The Hall–Kier alpha value is -1.43.